The molecule has 0 spiro atoms. The lowest BCUT2D eigenvalue weighted by Gasteiger charge is -2.24. The van der Waals surface area contributed by atoms with Crippen LogP contribution in [0.25, 0.3) is 54.7 Å². The Morgan fingerprint density at radius 2 is 1.68 bits per heavy atom. The molecule has 7 rings (SSSR count). The van der Waals surface area contributed by atoms with Crippen LogP contribution in [0.2, 0.25) is 0 Å². The van der Waals surface area contributed by atoms with E-state index in [1.807, 2.05) is 24.3 Å². The first-order valence-electron chi connectivity index (χ1n) is 14.1. The first-order valence-corrected chi connectivity index (χ1v) is 12.1. The standard InChI is InChI=1S/C32H27NO/c1-20-19-33-30(17-27(20)21-8-3-2-4-9-21)26-13-7-12-25-29-16-23-15-14-22-10-5-6-11-24(22)28(23)18-31(29)34-32(25)26/h5-7,10-19,21H,2-4,8-9H2,1H3/i1D3,21D. The Morgan fingerprint density at radius 3 is 2.59 bits per heavy atom. The molecule has 4 aromatic carbocycles. The van der Waals surface area contributed by atoms with Crippen LogP contribution in [0.5, 0.6) is 0 Å². The van der Waals surface area contributed by atoms with E-state index in [2.05, 4.69) is 53.5 Å². The smallest absolute Gasteiger partial charge is 0.144 e. The quantitative estimate of drug-likeness (QED) is 0.248. The summed E-state index contributed by atoms with van der Waals surface area (Å²) in [6.07, 6.45) is 5.74. The third-order valence-corrected chi connectivity index (χ3v) is 7.38. The van der Waals surface area contributed by atoms with Crippen LogP contribution in [0.3, 0.4) is 0 Å². The van der Waals surface area contributed by atoms with Gasteiger partial charge in [0.05, 0.1) is 5.69 Å². The van der Waals surface area contributed by atoms with Crippen molar-refractivity contribution in [3.63, 3.8) is 0 Å². The van der Waals surface area contributed by atoms with E-state index >= 15 is 0 Å². The molecule has 0 N–H and O–H groups in total. The maximum Gasteiger partial charge on any atom is 0.144 e. The molecule has 0 radical (unpaired) electrons. The molecule has 34 heavy (non-hydrogen) atoms. The van der Waals surface area contributed by atoms with Crippen molar-refractivity contribution in [2.24, 2.45) is 0 Å². The van der Waals surface area contributed by atoms with Gasteiger partial charge in [0.15, 0.2) is 0 Å². The zero-order valence-electron chi connectivity index (χ0n) is 22.9. The fourth-order valence-electron chi connectivity index (χ4n) is 5.64. The molecular formula is C32H27NO. The van der Waals surface area contributed by atoms with Crippen LogP contribution in [-0.2, 0) is 0 Å². The number of para-hydroxylation sites is 1. The van der Waals surface area contributed by atoms with Gasteiger partial charge >= 0.3 is 0 Å². The minimum atomic E-state index is -2.32. The van der Waals surface area contributed by atoms with Gasteiger partial charge in [-0.25, -0.2) is 0 Å². The molecule has 1 aliphatic carbocycles. The van der Waals surface area contributed by atoms with Gasteiger partial charge in [-0.3, -0.25) is 4.98 Å². The summed E-state index contributed by atoms with van der Waals surface area (Å²) in [5, 5.41) is 6.70. The van der Waals surface area contributed by atoms with Crippen LogP contribution in [-0.4, -0.2) is 4.98 Å². The molecule has 1 aliphatic rings. The van der Waals surface area contributed by atoms with Gasteiger partial charge in [-0.1, -0.05) is 67.8 Å². The lowest BCUT2D eigenvalue weighted by atomic mass is 9.82. The second kappa shape index (κ2) is 7.70. The third-order valence-electron chi connectivity index (χ3n) is 7.38. The second-order valence-electron chi connectivity index (χ2n) is 9.42. The highest BCUT2D eigenvalue weighted by Crippen LogP contribution is 2.40. The minimum Gasteiger partial charge on any atom is -0.455 e. The fraction of sp³-hybridized carbons (Fsp3) is 0.219. The van der Waals surface area contributed by atoms with Crippen molar-refractivity contribution >= 4 is 43.5 Å². The summed E-state index contributed by atoms with van der Waals surface area (Å²) in [5.41, 5.74) is 3.75. The molecule has 1 fully saturated rings. The summed E-state index contributed by atoms with van der Waals surface area (Å²) in [6, 6.07) is 24.8. The largest absolute Gasteiger partial charge is 0.455 e. The summed E-state index contributed by atoms with van der Waals surface area (Å²) >= 11 is 0. The highest BCUT2D eigenvalue weighted by Gasteiger charge is 2.20. The van der Waals surface area contributed by atoms with Crippen molar-refractivity contribution in [3.05, 3.63) is 90.1 Å². The SMILES string of the molecule is [2H]C([2H])([2H])c1cnc(-c2cccc3c2oc2cc4c(ccc5ccccc54)cc23)cc1C1([2H])CCCCC1. The van der Waals surface area contributed by atoms with Crippen LogP contribution in [0.1, 0.15) is 54.6 Å². The van der Waals surface area contributed by atoms with Gasteiger partial charge in [0.25, 0.3) is 0 Å². The van der Waals surface area contributed by atoms with Crippen molar-refractivity contribution in [3.8, 4) is 11.3 Å². The molecule has 0 aliphatic heterocycles. The number of aryl methyl sites for hydroxylation is 1. The number of aromatic nitrogens is 1. The molecule has 2 nitrogen and oxygen atoms in total. The van der Waals surface area contributed by atoms with E-state index in [4.69, 9.17) is 8.53 Å². The number of hydrogen-bond acceptors (Lipinski definition) is 2. The van der Waals surface area contributed by atoms with Gasteiger partial charge < -0.3 is 4.42 Å². The van der Waals surface area contributed by atoms with E-state index < -0.39 is 12.7 Å². The lowest BCUT2D eigenvalue weighted by Crippen LogP contribution is -2.07. The van der Waals surface area contributed by atoms with E-state index in [0.29, 0.717) is 24.1 Å². The van der Waals surface area contributed by atoms with Crippen molar-refractivity contribution in [1.29, 1.82) is 0 Å². The van der Waals surface area contributed by atoms with Crippen molar-refractivity contribution in [1.82, 2.24) is 4.98 Å². The van der Waals surface area contributed by atoms with Gasteiger partial charge in [-0.05, 0) is 82.5 Å². The first-order chi connectivity index (χ1) is 18.3. The molecule has 0 saturated heterocycles. The molecule has 0 amide bonds. The third kappa shape index (κ3) is 3.05. The summed E-state index contributed by atoms with van der Waals surface area (Å²) in [6.45, 7) is -2.32. The summed E-state index contributed by atoms with van der Waals surface area (Å²) in [4.78, 5) is 4.62. The first kappa shape index (κ1) is 16.1. The summed E-state index contributed by atoms with van der Waals surface area (Å²) in [5.74, 6) is -0.916. The molecule has 0 bridgehead atoms. The summed E-state index contributed by atoms with van der Waals surface area (Å²) < 4.78 is 40.1. The maximum atomic E-state index is 9.24. The number of rotatable bonds is 2. The Morgan fingerprint density at radius 1 is 0.824 bits per heavy atom. The number of pyridine rings is 1. The predicted molar refractivity (Wildman–Crippen MR) is 143 cm³/mol. The maximum absolute atomic E-state index is 9.24. The fourth-order valence-corrected chi connectivity index (χ4v) is 5.64. The van der Waals surface area contributed by atoms with Gasteiger partial charge in [0, 0.05) is 28.0 Å². The van der Waals surface area contributed by atoms with Crippen LogP contribution in [0, 0.1) is 6.85 Å². The minimum absolute atomic E-state index is 0.188. The van der Waals surface area contributed by atoms with Crippen molar-refractivity contribution < 1.29 is 9.90 Å². The average molecular weight is 446 g/mol. The Hall–Kier alpha value is -3.65. The van der Waals surface area contributed by atoms with Crippen LogP contribution in [0.4, 0.5) is 0 Å². The molecule has 2 heterocycles. The average Bonchev–Trinajstić information content (AvgIpc) is 3.29. The van der Waals surface area contributed by atoms with Gasteiger partial charge in [-0.15, -0.1) is 0 Å². The van der Waals surface area contributed by atoms with Crippen LogP contribution >= 0.6 is 0 Å². The number of furan rings is 1. The molecule has 0 unspecified atom stereocenters. The predicted octanol–water partition coefficient (Wildman–Crippen LogP) is 9.31. The van der Waals surface area contributed by atoms with E-state index in [1.165, 1.54) is 17.0 Å². The lowest BCUT2D eigenvalue weighted by molar-refractivity contribution is 0.442. The van der Waals surface area contributed by atoms with E-state index in [9.17, 15) is 1.37 Å². The number of nitrogens with zero attached hydrogens (tertiary/aromatic N) is 1. The molecular weight excluding hydrogens is 414 g/mol. The highest BCUT2D eigenvalue weighted by molar-refractivity contribution is 6.17. The monoisotopic (exact) mass is 445 g/mol. The van der Waals surface area contributed by atoms with Crippen LogP contribution < -0.4 is 0 Å². The normalized spacial score (nSPS) is 18.1. The zero-order valence-corrected chi connectivity index (χ0v) is 18.9. The number of hydrogen-bond donors (Lipinski definition) is 0. The Labute approximate surface area is 204 Å². The molecule has 166 valence electrons. The van der Waals surface area contributed by atoms with Crippen molar-refractivity contribution in [2.75, 3.05) is 0 Å². The molecule has 6 aromatic rings. The van der Waals surface area contributed by atoms with E-state index in [-0.39, 0.29) is 5.56 Å². The van der Waals surface area contributed by atoms with E-state index in [1.54, 1.807) is 0 Å². The number of benzene rings is 4. The molecule has 1 saturated carbocycles. The summed E-state index contributed by atoms with van der Waals surface area (Å²) in [7, 11) is 0. The van der Waals surface area contributed by atoms with Crippen LogP contribution in [0.15, 0.2) is 83.4 Å². The molecule has 2 aromatic heterocycles. The zero-order chi connectivity index (χ0) is 26.1. The second-order valence-corrected chi connectivity index (χ2v) is 9.42. The Balaban J connectivity index is 1.46. The Kier molecular flexibility index (Phi) is 3.64. The molecule has 0 atom stereocenters. The Bertz CT molecular complexity index is 1860. The topological polar surface area (TPSA) is 26.0 Å². The molecule has 2 heteroatoms. The van der Waals surface area contributed by atoms with E-state index in [0.717, 1.165) is 57.5 Å². The number of fused-ring (bicyclic) bond motifs is 6. The van der Waals surface area contributed by atoms with Gasteiger partial charge in [0.1, 0.15) is 11.2 Å². The van der Waals surface area contributed by atoms with Gasteiger partial charge in [-0.2, -0.15) is 0 Å². The van der Waals surface area contributed by atoms with Gasteiger partial charge in [0.2, 0.25) is 0 Å². The van der Waals surface area contributed by atoms with Crippen molar-refractivity contribution in [2.45, 2.75) is 44.8 Å². The highest BCUT2D eigenvalue weighted by atomic mass is 16.3.